The van der Waals surface area contributed by atoms with E-state index in [0.29, 0.717) is 10.4 Å². The molecule has 0 atom stereocenters. The van der Waals surface area contributed by atoms with Gasteiger partial charge in [0, 0.05) is 4.88 Å². The Kier molecular flexibility index (Phi) is 2.66. The molecule has 5 nitrogen and oxygen atoms in total. The second-order valence-electron chi connectivity index (χ2n) is 2.79. The van der Waals surface area contributed by atoms with Crippen LogP contribution in [0.3, 0.4) is 0 Å². The van der Waals surface area contributed by atoms with Crippen molar-refractivity contribution in [3.63, 3.8) is 0 Å². The van der Waals surface area contributed by atoms with Gasteiger partial charge in [0.2, 0.25) is 10.0 Å². The molecule has 3 N–H and O–H groups in total. The van der Waals surface area contributed by atoms with Gasteiger partial charge in [-0.2, -0.15) is 0 Å². The molecule has 14 heavy (non-hydrogen) atoms. The number of nitrogens with two attached hydrogens (primary N) is 1. The Hall–Kier alpha value is -0.920. The molecule has 0 aliphatic rings. The first kappa shape index (κ1) is 11.2. The van der Waals surface area contributed by atoms with Crippen molar-refractivity contribution >= 4 is 27.3 Å². The van der Waals surface area contributed by atoms with Crippen molar-refractivity contribution < 1.29 is 18.3 Å². The Bertz CT molecular complexity index is 486. The number of hydrogen-bond donors (Lipinski definition) is 2. The molecule has 0 fully saturated rings. The van der Waals surface area contributed by atoms with Crippen LogP contribution in [0.1, 0.15) is 20.1 Å². The molecular formula is C7H9NO4S2. The lowest BCUT2D eigenvalue weighted by molar-refractivity contribution is 0.0698. The van der Waals surface area contributed by atoms with Crippen LogP contribution in [-0.2, 0) is 10.0 Å². The van der Waals surface area contributed by atoms with Gasteiger partial charge in [-0.15, -0.1) is 11.3 Å². The summed E-state index contributed by atoms with van der Waals surface area (Å²) < 4.78 is 22.2. The summed E-state index contributed by atoms with van der Waals surface area (Å²) in [7, 11) is -3.96. The Labute approximate surface area is 85.2 Å². The van der Waals surface area contributed by atoms with Gasteiger partial charge in [0.25, 0.3) is 0 Å². The average Bonchev–Trinajstić information content (AvgIpc) is 2.27. The SMILES string of the molecule is Cc1sc(C(=O)O)c(S(N)(=O)=O)c1C. The van der Waals surface area contributed by atoms with Gasteiger partial charge in [0.05, 0.1) is 0 Å². The maximum atomic E-state index is 11.1. The van der Waals surface area contributed by atoms with Gasteiger partial charge >= 0.3 is 5.97 Å². The number of aromatic carboxylic acids is 1. The quantitative estimate of drug-likeness (QED) is 0.788. The zero-order chi connectivity index (χ0) is 11.1. The van der Waals surface area contributed by atoms with Crippen LogP contribution in [0.15, 0.2) is 4.90 Å². The van der Waals surface area contributed by atoms with Gasteiger partial charge < -0.3 is 5.11 Å². The molecule has 0 radical (unpaired) electrons. The van der Waals surface area contributed by atoms with E-state index in [1.54, 1.807) is 6.92 Å². The van der Waals surface area contributed by atoms with Gasteiger partial charge in [-0.3, -0.25) is 0 Å². The van der Waals surface area contributed by atoms with Crippen LogP contribution in [0.2, 0.25) is 0 Å². The summed E-state index contributed by atoms with van der Waals surface area (Å²) in [5.41, 5.74) is 0.412. The normalized spacial score (nSPS) is 11.6. The number of carboxylic acid groups (broad SMARTS) is 1. The van der Waals surface area contributed by atoms with E-state index >= 15 is 0 Å². The zero-order valence-corrected chi connectivity index (χ0v) is 9.20. The van der Waals surface area contributed by atoms with Crippen LogP contribution >= 0.6 is 11.3 Å². The van der Waals surface area contributed by atoms with Crippen LogP contribution in [0.25, 0.3) is 0 Å². The lowest BCUT2D eigenvalue weighted by Crippen LogP contribution is -2.15. The minimum Gasteiger partial charge on any atom is -0.477 e. The Morgan fingerprint density at radius 2 is 1.93 bits per heavy atom. The van der Waals surface area contributed by atoms with E-state index in [2.05, 4.69) is 0 Å². The molecule has 1 heterocycles. The van der Waals surface area contributed by atoms with Crippen molar-refractivity contribution in [3.05, 3.63) is 15.3 Å². The van der Waals surface area contributed by atoms with Crippen LogP contribution in [-0.4, -0.2) is 19.5 Å². The molecule has 1 aromatic rings. The van der Waals surface area contributed by atoms with Crippen LogP contribution < -0.4 is 5.14 Å². The molecule has 0 bridgehead atoms. The highest BCUT2D eigenvalue weighted by Crippen LogP contribution is 2.30. The van der Waals surface area contributed by atoms with Crippen LogP contribution in [0.4, 0.5) is 0 Å². The predicted molar refractivity (Wildman–Crippen MR) is 52.1 cm³/mol. The summed E-state index contributed by atoms with van der Waals surface area (Å²) >= 11 is 0.917. The van der Waals surface area contributed by atoms with Gasteiger partial charge in [-0.1, -0.05) is 0 Å². The molecule has 0 aliphatic carbocycles. The molecular weight excluding hydrogens is 226 g/mol. The Morgan fingerprint density at radius 3 is 2.21 bits per heavy atom. The summed E-state index contributed by atoms with van der Waals surface area (Å²) in [5.74, 6) is -1.27. The van der Waals surface area contributed by atoms with Gasteiger partial charge in [-0.05, 0) is 19.4 Å². The predicted octanol–water partition coefficient (Wildman–Crippen LogP) is 0.711. The largest absolute Gasteiger partial charge is 0.477 e. The first-order valence-electron chi connectivity index (χ1n) is 3.61. The fraction of sp³-hybridized carbons (Fsp3) is 0.286. The van der Waals surface area contributed by atoms with Crippen molar-refractivity contribution in [1.82, 2.24) is 0 Å². The third kappa shape index (κ3) is 1.79. The highest BCUT2D eigenvalue weighted by Gasteiger charge is 2.25. The van der Waals surface area contributed by atoms with Crippen molar-refractivity contribution in [2.45, 2.75) is 18.7 Å². The zero-order valence-electron chi connectivity index (χ0n) is 7.57. The molecule has 1 rings (SSSR count). The van der Waals surface area contributed by atoms with Crippen LogP contribution in [0, 0.1) is 13.8 Å². The van der Waals surface area contributed by atoms with Gasteiger partial charge in [0.15, 0.2) is 0 Å². The summed E-state index contributed by atoms with van der Waals surface area (Å²) in [5, 5.41) is 13.7. The smallest absolute Gasteiger partial charge is 0.347 e. The number of carbonyl (C=O) groups is 1. The number of carboxylic acids is 1. The van der Waals surface area contributed by atoms with Crippen molar-refractivity contribution in [3.8, 4) is 0 Å². The third-order valence-electron chi connectivity index (χ3n) is 1.81. The third-order valence-corrected chi connectivity index (χ3v) is 4.21. The minimum atomic E-state index is -3.96. The lowest BCUT2D eigenvalue weighted by Gasteiger charge is -1.98. The highest BCUT2D eigenvalue weighted by atomic mass is 32.2. The highest BCUT2D eigenvalue weighted by molar-refractivity contribution is 7.89. The molecule has 0 amide bonds. The first-order chi connectivity index (χ1) is 6.25. The molecule has 7 heteroatoms. The molecule has 0 aromatic carbocycles. The number of primary sulfonamides is 1. The fourth-order valence-electron chi connectivity index (χ4n) is 1.09. The maximum Gasteiger partial charge on any atom is 0.347 e. The van der Waals surface area contributed by atoms with E-state index in [9.17, 15) is 13.2 Å². The minimum absolute atomic E-state index is 0.220. The topological polar surface area (TPSA) is 97.5 Å². The molecule has 0 unspecified atom stereocenters. The molecule has 1 aromatic heterocycles. The van der Waals surface area contributed by atoms with E-state index < -0.39 is 16.0 Å². The second kappa shape index (κ2) is 3.34. The van der Waals surface area contributed by atoms with E-state index in [1.807, 2.05) is 0 Å². The standard InChI is InChI=1S/C7H9NO4S2/c1-3-4(2)13-5(7(9)10)6(3)14(8,11)12/h1-2H3,(H,9,10)(H2,8,11,12). The fourth-order valence-corrected chi connectivity index (χ4v) is 3.45. The average molecular weight is 235 g/mol. The summed E-state index contributed by atoms with van der Waals surface area (Å²) in [6, 6.07) is 0. The maximum absolute atomic E-state index is 11.1. The van der Waals surface area contributed by atoms with Crippen LogP contribution in [0.5, 0.6) is 0 Å². The lowest BCUT2D eigenvalue weighted by atomic mass is 10.3. The number of hydrogen-bond acceptors (Lipinski definition) is 4. The molecule has 0 spiro atoms. The number of thiophene rings is 1. The van der Waals surface area contributed by atoms with E-state index in [0.717, 1.165) is 11.3 Å². The second-order valence-corrected chi connectivity index (χ2v) is 5.51. The molecule has 0 saturated heterocycles. The van der Waals surface area contributed by atoms with Crippen molar-refractivity contribution in [2.75, 3.05) is 0 Å². The number of aryl methyl sites for hydroxylation is 1. The van der Waals surface area contributed by atoms with Crippen molar-refractivity contribution in [1.29, 1.82) is 0 Å². The van der Waals surface area contributed by atoms with E-state index in [-0.39, 0.29) is 9.77 Å². The van der Waals surface area contributed by atoms with E-state index in [1.165, 1.54) is 6.92 Å². The molecule has 78 valence electrons. The summed E-state index contributed by atoms with van der Waals surface area (Å²) in [6.07, 6.45) is 0. The van der Waals surface area contributed by atoms with Gasteiger partial charge in [-0.25, -0.2) is 18.4 Å². The summed E-state index contributed by atoms with van der Waals surface area (Å²) in [6.45, 7) is 3.19. The Balaban J connectivity index is 3.63. The number of sulfonamides is 1. The molecule has 0 saturated carbocycles. The van der Waals surface area contributed by atoms with Crippen molar-refractivity contribution in [2.24, 2.45) is 5.14 Å². The monoisotopic (exact) mass is 235 g/mol. The molecule has 0 aliphatic heterocycles. The summed E-state index contributed by atoms with van der Waals surface area (Å²) in [4.78, 5) is 10.9. The first-order valence-corrected chi connectivity index (χ1v) is 5.97. The van der Waals surface area contributed by atoms with E-state index in [4.69, 9.17) is 10.2 Å². The number of rotatable bonds is 2. The van der Waals surface area contributed by atoms with Gasteiger partial charge in [0.1, 0.15) is 9.77 Å². The Morgan fingerprint density at radius 1 is 1.43 bits per heavy atom.